The fourth-order valence-corrected chi connectivity index (χ4v) is 3.44. The molecule has 8 heteroatoms. The average molecular weight is 437 g/mol. The van der Waals surface area contributed by atoms with E-state index in [9.17, 15) is 22.8 Å². The number of fused-ring (bicyclic) bond motifs is 1. The zero-order valence-corrected chi connectivity index (χ0v) is 17.0. The number of rotatable bonds is 4. The van der Waals surface area contributed by atoms with Gasteiger partial charge in [0.05, 0.1) is 16.5 Å². The van der Waals surface area contributed by atoms with E-state index in [0.717, 1.165) is 17.7 Å². The molecule has 0 radical (unpaired) electrons. The summed E-state index contributed by atoms with van der Waals surface area (Å²) in [5.41, 5.74) is 0.795. The third-order valence-corrected chi connectivity index (χ3v) is 4.91. The van der Waals surface area contributed by atoms with Crippen molar-refractivity contribution in [1.29, 1.82) is 0 Å². The first kappa shape index (κ1) is 21.3. The number of carbonyl (C=O) groups excluding carboxylic acids is 1. The van der Waals surface area contributed by atoms with Crippen LogP contribution in [0.4, 0.5) is 18.9 Å². The van der Waals surface area contributed by atoms with Crippen LogP contribution in [-0.4, -0.2) is 15.5 Å². The van der Waals surface area contributed by atoms with Gasteiger partial charge in [0.15, 0.2) is 0 Å². The Labute approximate surface area is 181 Å². The van der Waals surface area contributed by atoms with Crippen LogP contribution in [0.25, 0.3) is 22.3 Å². The van der Waals surface area contributed by atoms with Crippen molar-refractivity contribution in [2.75, 3.05) is 5.32 Å². The van der Waals surface area contributed by atoms with E-state index in [0.29, 0.717) is 22.3 Å². The second-order valence-corrected chi connectivity index (χ2v) is 7.34. The Morgan fingerprint density at radius 3 is 2.50 bits per heavy atom. The van der Waals surface area contributed by atoms with Gasteiger partial charge in [0, 0.05) is 11.3 Å². The molecule has 0 aliphatic heterocycles. The molecule has 3 aromatic carbocycles. The van der Waals surface area contributed by atoms with E-state index in [1.54, 1.807) is 30.3 Å². The summed E-state index contributed by atoms with van der Waals surface area (Å²) in [4.78, 5) is 30.5. The van der Waals surface area contributed by atoms with Crippen LogP contribution < -0.4 is 10.9 Å². The zero-order chi connectivity index (χ0) is 22.9. The number of nitrogens with one attached hydrogen (secondary N) is 1. The van der Waals surface area contributed by atoms with Crippen LogP contribution in [0.5, 0.6) is 0 Å². The van der Waals surface area contributed by atoms with Crippen molar-refractivity contribution in [3.8, 4) is 11.4 Å². The molecule has 1 N–H and O–H groups in total. The van der Waals surface area contributed by atoms with Crippen molar-refractivity contribution in [3.05, 3.63) is 94.3 Å². The number of hydrogen-bond acceptors (Lipinski definition) is 3. The van der Waals surface area contributed by atoms with Gasteiger partial charge in [-0.05, 0) is 43.3 Å². The molecule has 0 spiro atoms. The first-order chi connectivity index (χ1) is 15.2. The highest BCUT2D eigenvalue weighted by molar-refractivity contribution is 5.91. The first-order valence-electron chi connectivity index (χ1n) is 9.76. The highest BCUT2D eigenvalue weighted by Gasteiger charge is 2.30. The summed E-state index contributed by atoms with van der Waals surface area (Å²) in [6.45, 7) is 1.49. The van der Waals surface area contributed by atoms with Crippen LogP contribution in [0.1, 0.15) is 11.1 Å². The molecule has 1 heterocycles. The molecule has 0 aliphatic carbocycles. The maximum absolute atomic E-state index is 13.2. The smallest absolute Gasteiger partial charge is 0.325 e. The highest BCUT2D eigenvalue weighted by Crippen LogP contribution is 2.30. The molecule has 1 amide bonds. The SMILES string of the molecule is Cc1cccc(-c2nc3ccccc3c(=O)n2CC(=O)Nc2cccc(C(F)(F)F)c2)c1. The Hall–Kier alpha value is -3.94. The third kappa shape index (κ3) is 4.39. The molecular weight excluding hydrogens is 419 g/mol. The van der Waals surface area contributed by atoms with Crippen molar-refractivity contribution >= 4 is 22.5 Å². The summed E-state index contributed by atoms with van der Waals surface area (Å²) in [5, 5.41) is 2.79. The van der Waals surface area contributed by atoms with Crippen LogP contribution in [0.15, 0.2) is 77.6 Å². The van der Waals surface area contributed by atoms with Crippen molar-refractivity contribution in [2.45, 2.75) is 19.6 Å². The molecule has 4 rings (SSSR count). The lowest BCUT2D eigenvalue weighted by molar-refractivity contribution is -0.137. The summed E-state index contributed by atoms with van der Waals surface area (Å²) in [6.07, 6.45) is -4.53. The van der Waals surface area contributed by atoms with Gasteiger partial charge >= 0.3 is 6.18 Å². The van der Waals surface area contributed by atoms with Crippen LogP contribution >= 0.6 is 0 Å². The summed E-state index contributed by atoms with van der Waals surface area (Å²) in [7, 11) is 0. The summed E-state index contributed by atoms with van der Waals surface area (Å²) in [5.74, 6) is -0.339. The van der Waals surface area contributed by atoms with E-state index in [2.05, 4.69) is 10.3 Å². The maximum Gasteiger partial charge on any atom is 0.416 e. The Kier molecular flexibility index (Phi) is 5.52. The van der Waals surface area contributed by atoms with Crippen LogP contribution in [0.2, 0.25) is 0 Å². The number of nitrogens with zero attached hydrogens (tertiary/aromatic N) is 2. The van der Waals surface area contributed by atoms with Gasteiger partial charge in [0.25, 0.3) is 5.56 Å². The fourth-order valence-electron chi connectivity index (χ4n) is 3.44. The minimum atomic E-state index is -4.53. The summed E-state index contributed by atoms with van der Waals surface area (Å²) >= 11 is 0. The van der Waals surface area contributed by atoms with E-state index in [4.69, 9.17) is 0 Å². The Bertz CT molecular complexity index is 1380. The van der Waals surface area contributed by atoms with E-state index in [-0.39, 0.29) is 5.69 Å². The first-order valence-corrected chi connectivity index (χ1v) is 9.76. The number of hydrogen-bond donors (Lipinski definition) is 1. The van der Waals surface area contributed by atoms with E-state index >= 15 is 0 Å². The molecule has 0 fully saturated rings. The number of anilines is 1. The number of alkyl halides is 3. The van der Waals surface area contributed by atoms with Crippen molar-refractivity contribution in [1.82, 2.24) is 9.55 Å². The highest BCUT2D eigenvalue weighted by atomic mass is 19.4. The van der Waals surface area contributed by atoms with Gasteiger partial charge in [-0.25, -0.2) is 4.98 Å². The van der Waals surface area contributed by atoms with E-state index in [1.807, 2.05) is 25.1 Å². The fraction of sp³-hybridized carbons (Fsp3) is 0.125. The number of aromatic nitrogens is 2. The normalized spacial score (nSPS) is 11.5. The molecule has 0 unspecified atom stereocenters. The number of para-hydroxylation sites is 1. The zero-order valence-electron chi connectivity index (χ0n) is 17.0. The molecule has 4 aromatic rings. The molecule has 5 nitrogen and oxygen atoms in total. The van der Waals surface area contributed by atoms with Crippen molar-refractivity contribution < 1.29 is 18.0 Å². The van der Waals surface area contributed by atoms with Gasteiger partial charge in [-0.15, -0.1) is 0 Å². The number of amides is 1. The monoisotopic (exact) mass is 437 g/mol. The van der Waals surface area contributed by atoms with Gasteiger partial charge in [-0.2, -0.15) is 13.2 Å². The molecule has 32 heavy (non-hydrogen) atoms. The average Bonchev–Trinajstić information content (AvgIpc) is 2.75. The van der Waals surface area contributed by atoms with Crippen LogP contribution in [0.3, 0.4) is 0 Å². The van der Waals surface area contributed by atoms with E-state index < -0.39 is 29.8 Å². The Morgan fingerprint density at radius 1 is 1.00 bits per heavy atom. The lowest BCUT2D eigenvalue weighted by atomic mass is 10.1. The second kappa shape index (κ2) is 8.30. The molecule has 0 saturated carbocycles. The maximum atomic E-state index is 13.2. The third-order valence-electron chi connectivity index (χ3n) is 4.91. The lowest BCUT2D eigenvalue weighted by Crippen LogP contribution is -2.30. The number of carbonyl (C=O) groups is 1. The number of benzene rings is 3. The Balaban J connectivity index is 1.74. The predicted octanol–water partition coefficient (Wildman–Crippen LogP) is 5.03. The minimum Gasteiger partial charge on any atom is -0.325 e. The van der Waals surface area contributed by atoms with Crippen molar-refractivity contribution in [2.24, 2.45) is 0 Å². The van der Waals surface area contributed by atoms with Gasteiger partial charge in [0.2, 0.25) is 5.91 Å². The lowest BCUT2D eigenvalue weighted by Gasteiger charge is -2.15. The topological polar surface area (TPSA) is 64.0 Å². The quantitative estimate of drug-likeness (QED) is 0.487. The standard InChI is InChI=1S/C24H18F3N3O2/c1-15-6-4-7-16(12-15)22-29-20-11-3-2-10-19(20)23(32)30(22)14-21(31)28-18-9-5-8-17(13-18)24(25,26)27/h2-13H,14H2,1H3,(H,28,31). The molecular formula is C24H18F3N3O2. The largest absolute Gasteiger partial charge is 0.416 e. The van der Waals surface area contributed by atoms with E-state index in [1.165, 1.54) is 16.7 Å². The van der Waals surface area contributed by atoms with Gasteiger partial charge in [-0.1, -0.05) is 42.0 Å². The molecule has 0 aliphatic rings. The molecule has 1 aromatic heterocycles. The van der Waals surface area contributed by atoms with Gasteiger partial charge < -0.3 is 5.32 Å². The Morgan fingerprint density at radius 2 is 1.75 bits per heavy atom. The number of halogens is 3. The molecule has 0 bridgehead atoms. The minimum absolute atomic E-state index is 0.0104. The van der Waals surface area contributed by atoms with Crippen LogP contribution in [-0.2, 0) is 17.5 Å². The van der Waals surface area contributed by atoms with Gasteiger partial charge in [0.1, 0.15) is 12.4 Å². The molecule has 0 saturated heterocycles. The molecule has 0 atom stereocenters. The number of aryl methyl sites for hydroxylation is 1. The van der Waals surface area contributed by atoms with Gasteiger partial charge in [-0.3, -0.25) is 14.2 Å². The predicted molar refractivity (Wildman–Crippen MR) is 116 cm³/mol. The second-order valence-electron chi connectivity index (χ2n) is 7.34. The van der Waals surface area contributed by atoms with Crippen molar-refractivity contribution in [3.63, 3.8) is 0 Å². The summed E-state index contributed by atoms with van der Waals surface area (Å²) in [6, 6.07) is 18.5. The van der Waals surface area contributed by atoms with Crippen LogP contribution in [0, 0.1) is 6.92 Å². The summed E-state index contributed by atoms with van der Waals surface area (Å²) < 4.78 is 40.1. The molecule has 162 valence electrons.